The smallest absolute Gasteiger partial charge is 0.502 e. The number of carbonyl (C=O) groups is 6. The summed E-state index contributed by atoms with van der Waals surface area (Å²) in [7, 11) is 0. The quantitative estimate of drug-likeness (QED) is 0.00482. The first kappa shape index (κ1) is 96.6. The molecule has 540 valence electrons. The summed E-state index contributed by atoms with van der Waals surface area (Å²) in [6.07, 6.45) is 53.5. The van der Waals surface area contributed by atoms with Crippen LogP contribution >= 0.6 is 0 Å². The van der Waals surface area contributed by atoms with Crippen molar-refractivity contribution in [2.45, 2.75) is 292 Å². The van der Waals surface area contributed by atoms with E-state index in [9.17, 15) is 68.7 Å². The molecule has 0 aliphatic rings. The fraction of sp³-hybridized carbons (Fsp3) is 0.679. The normalized spacial score (nSPS) is 13.9. The third-order valence-corrected chi connectivity index (χ3v) is 17.0. The van der Waals surface area contributed by atoms with Crippen molar-refractivity contribution < 1.29 is 113 Å². The number of unbranched alkanes of at least 4 members (excludes halogenated alkanes) is 21. The standard InChI is InChI=1S/C51H78O12.C26H44O5.CH3.Na/c1-4-7-8-9-20-26-31-42(46(36-49(57)58)48(56)39-54)32-27-22-18-19-24-29-34-50(59)63-44(6-3)40-62-45(38-53)33-28-23-17-15-13-11-10-12-14-16-21-25-30-41(5-2)47(51(60)61)35-43(55)37-52;1-4-6-14-17-22(23(26(30)31)20-25(28)29)18-15-12-10-8-7-9-11-13-16-19-24(27)21(3)5-2;;/h10,12,16,21,25,27,30,32,41-42,44,46-47,55-56H,4-9,11,13-15,17-20,22-24,26,28-29,31,33-36,40H2,1-3H3,(H,57,58)(H,60,61);10,12,15,18,21-23H,4-9,11,13-14,16-17,19-20H2,1-3H3,(H,28,29)(H,30,31);1H3;/q;;-1;+1/b12-10-,21-16-,30-25+,32-27+;12-10-,18-15+;;. The maximum Gasteiger partial charge on any atom is 1.00 e. The summed E-state index contributed by atoms with van der Waals surface area (Å²) in [5, 5.41) is 56.9. The number of hydrogen-bond acceptors (Lipinski definition) is 13. The minimum absolute atomic E-state index is 0. The van der Waals surface area contributed by atoms with E-state index >= 15 is 0 Å². The molecule has 8 unspecified atom stereocenters. The summed E-state index contributed by atoms with van der Waals surface area (Å²) in [6.45, 7) is 12.2. The molecule has 0 amide bonds. The number of aliphatic carboxylic acids is 4. The van der Waals surface area contributed by atoms with Gasteiger partial charge >= 0.3 is 59.4 Å². The SMILES string of the molecule is CCCCCC(/C=C/C=C\CCCCCCCC(=O)C(C)CC)C(CC(=O)O)C(=O)O.CCCCCCCCC(/C=C/CCCCCCC(=O)OC(CC)COC(=C=O)CCCCCCC/C=C\C/C=C\C=C\C(CC)C(CC(O)=C=O)C(=O)O)C(CC(=O)O)C(O)=C=O.[CH3-].[Na+]. The zero-order chi connectivity index (χ0) is 70.4. The Morgan fingerprint density at radius 3 is 1.44 bits per heavy atom. The van der Waals surface area contributed by atoms with Crippen LogP contribution < -0.4 is 29.6 Å². The summed E-state index contributed by atoms with van der Waals surface area (Å²) in [6, 6.07) is 0. The Hall–Kier alpha value is -5.79. The molecule has 18 heteroatoms. The Morgan fingerprint density at radius 2 is 0.906 bits per heavy atom. The molecule has 0 heterocycles. The zero-order valence-electron chi connectivity index (χ0n) is 60.3. The predicted octanol–water partition coefficient (Wildman–Crippen LogP) is 16.1. The molecule has 0 radical (unpaired) electrons. The van der Waals surface area contributed by atoms with Crippen molar-refractivity contribution in [2.75, 3.05) is 6.61 Å². The molecule has 96 heavy (non-hydrogen) atoms. The monoisotopic (exact) mass is 1360 g/mol. The van der Waals surface area contributed by atoms with Crippen LogP contribution in [0.2, 0.25) is 0 Å². The topological polar surface area (TPSA) is 293 Å². The molecule has 0 rings (SSSR count). The van der Waals surface area contributed by atoms with E-state index in [1.54, 1.807) is 12.2 Å². The van der Waals surface area contributed by atoms with E-state index in [-0.39, 0.29) is 105 Å². The molecule has 0 aromatic carbocycles. The zero-order valence-corrected chi connectivity index (χ0v) is 62.3. The van der Waals surface area contributed by atoms with Crippen LogP contribution in [-0.4, -0.2) is 96.8 Å². The first-order chi connectivity index (χ1) is 45.3. The van der Waals surface area contributed by atoms with Crippen molar-refractivity contribution in [2.24, 2.45) is 41.4 Å². The molecule has 0 fully saturated rings. The van der Waals surface area contributed by atoms with Crippen molar-refractivity contribution in [3.8, 4) is 0 Å². The molecule has 17 nitrogen and oxygen atoms in total. The number of carbonyl (C=O) groups excluding carboxylic acids is 5. The van der Waals surface area contributed by atoms with Crippen LogP contribution in [0.25, 0.3) is 0 Å². The van der Waals surface area contributed by atoms with Gasteiger partial charge in [0.1, 0.15) is 18.5 Å². The second kappa shape index (κ2) is 67.8. The van der Waals surface area contributed by atoms with E-state index in [0.717, 1.165) is 167 Å². The van der Waals surface area contributed by atoms with Crippen molar-refractivity contribution in [1.29, 1.82) is 0 Å². The number of rotatable bonds is 61. The largest absolute Gasteiger partial charge is 1.00 e. The van der Waals surface area contributed by atoms with Crippen LogP contribution in [0.1, 0.15) is 286 Å². The molecule has 6 N–H and O–H groups in total. The number of aliphatic hydroxyl groups excluding tert-OH is 2. The molecule has 8 atom stereocenters. The Morgan fingerprint density at radius 1 is 0.438 bits per heavy atom. The van der Waals surface area contributed by atoms with Gasteiger partial charge in [0.25, 0.3) is 0 Å². The van der Waals surface area contributed by atoms with Crippen LogP contribution in [0.4, 0.5) is 0 Å². The summed E-state index contributed by atoms with van der Waals surface area (Å²) in [5.74, 6) is -3.46. The number of ketones is 1. The van der Waals surface area contributed by atoms with E-state index in [2.05, 4.69) is 39.0 Å². The van der Waals surface area contributed by atoms with Gasteiger partial charge in [-0.05, 0) is 114 Å². The Balaban J connectivity index is -0.00000108. The van der Waals surface area contributed by atoms with Gasteiger partial charge in [0.15, 0.2) is 35.1 Å². The summed E-state index contributed by atoms with van der Waals surface area (Å²) in [5.41, 5.74) is 0. The van der Waals surface area contributed by atoms with Gasteiger partial charge < -0.3 is 47.5 Å². The van der Waals surface area contributed by atoms with Crippen molar-refractivity contribution in [1.82, 2.24) is 0 Å². The third-order valence-electron chi connectivity index (χ3n) is 17.0. The maximum atomic E-state index is 12.5. The number of carboxylic acids is 4. The molecule has 0 aliphatic carbocycles. The molecule has 0 aromatic heterocycles. The van der Waals surface area contributed by atoms with Crippen LogP contribution in [0, 0.1) is 48.9 Å². The Bertz CT molecular complexity index is 2400. The minimum atomic E-state index is -1.07. The van der Waals surface area contributed by atoms with Gasteiger partial charge in [-0.15, -0.1) is 0 Å². The van der Waals surface area contributed by atoms with Crippen molar-refractivity contribution in [3.05, 3.63) is 97.6 Å². The Labute approximate surface area is 600 Å². The van der Waals surface area contributed by atoms with E-state index in [1.807, 2.05) is 69.2 Å². The molecule has 0 saturated heterocycles. The number of allylic oxidation sites excluding steroid dienone is 15. The number of hydrogen-bond donors (Lipinski definition) is 6. The number of esters is 1. The van der Waals surface area contributed by atoms with E-state index in [0.29, 0.717) is 50.7 Å². The molecule has 0 saturated carbocycles. The van der Waals surface area contributed by atoms with Gasteiger partial charge in [0.05, 0.1) is 24.7 Å². The first-order valence-corrected chi connectivity index (χ1v) is 35.6. The van der Waals surface area contributed by atoms with Gasteiger partial charge in [0.2, 0.25) is 0 Å². The molecule has 0 aliphatic heterocycles. The number of carboxylic acid groups (broad SMARTS) is 4. The van der Waals surface area contributed by atoms with Gasteiger partial charge in [0, 0.05) is 37.5 Å². The summed E-state index contributed by atoms with van der Waals surface area (Å²) >= 11 is 0. The predicted molar refractivity (Wildman–Crippen MR) is 379 cm³/mol. The van der Waals surface area contributed by atoms with Crippen molar-refractivity contribution in [3.63, 3.8) is 0 Å². The van der Waals surface area contributed by atoms with Gasteiger partial charge in [-0.3, -0.25) is 28.8 Å². The van der Waals surface area contributed by atoms with E-state index in [4.69, 9.17) is 14.6 Å². The third kappa shape index (κ3) is 55.2. The van der Waals surface area contributed by atoms with Crippen LogP contribution in [0.15, 0.2) is 90.2 Å². The minimum Gasteiger partial charge on any atom is -0.502 e. The molecule has 0 bridgehead atoms. The van der Waals surface area contributed by atoms with Crippen LogP contribution in [0.3, 0.4) is 0 Å². The molecule has 0 aromatic rings. The first-order valence-electron chi connectivity index (χ1n) is 35.6. The fourth-order valence-electron chi connectivity index (χ4n) is 10.9. The molecular formula is C78H125NaO17. The van der Waals surface area contributed by atoms with Crippen LogP contribution in [-0.2, 0) is 52.6 Å². The van der Waals surface area contributed by atoms with E-state index in [1.165, 1.54) is 18.3 Å². The average Bonchev–Trinajstić information content (AvgIpc) is 1.32. The second-order valence-electron chi connectivity index (χ2n) is 24.8. The van der Waals surface area contributed by atoms with Crippen molar-refractivity contribution >= 4 is 53.5 Å². The van der Waals surface area contributed by atoms with Gasteiger partial charge in [-0.25, -0.2) is 14.4 Å². The molecule has 0 spiro atoms. The number of aliphatic hydroxyl groups is 2. The van der Waals surface area contributed by atoms with Gasteiger partial charge in [-0.2, -0.15) is 0 Å². The van der Waals surface area contributed by atoms with Crippen LogP contribution in [0.5, 0.6) is 0 Å². The second-order valence-corrected chi connectivity index (χ2v) is 24.8. The summed E-state index contributed by atoms with van der Waals surface area (Å²) in [4.78, 5) is 103. The number of Topliss-reactive ketones (excluding diaryl/α,β-unsaturated/α-hetero) is 1. The molecular weight excluding hydrogens is 1230 g/mol. The maximum absolute atomic E-state index is 12.5. The van der Waals surface area contributed by atoms with E-state index < -0.39 is 59.3 Å². The van der Waals surface area contributed by atoms with Gasteiger partial charge in [-0.1, -0.05) is 224 Å². The summed E-state index contributed by atoms with van der Waals surface area (Å²) < 4.78 is 11.3. The fourth-order valence-corrected chi connectivity index (χ4v) is 10.9. The average molecular weight is 1360 g/mol. The number of ether oxygens (including phenoxy) is 2. The Kier molecular flexibility index (Phi) is 68.2.